The average Bonchev–Trinajstić information content (AvgIpc) is 2.49. The number of hydrogen-bond donors (Lipinski definition) is 3. The van der Waals surface area contributed by atoms with Crippen LogP contribution in [-0.2, 0) is 29.2 Å². The van der Waals surface area contributed by atoms with Crippen LogP contribution in [0.1, 0.15) is 6.42 Å². The number of allylic oxidation sites excluding steroid dienone is 2. The zero-order chi connectivity index (χ0) is 16.8. The van der Waals surface area contributed by atoms with Gasteiger partial charge in [0.1, 0.15) is 13.2 Å². The van der Waals surface area contributed by atoms with Crippen LogP contribution >= 0.6 is 0 Å². The monoisotopic (exact) mass is 358 g/mol. The zero-order valence-electron chi connectivity index (χ0n) is 12.4. The van der Waals surface area contributed by atoms with Gasteiger partial charge in [-0.15, -0.1) is 11.6 Å². The van der Waals surface area contributed by atoms with E-state index in [4.69, 9.17) is 10.2 Å². The molecule has 0 aromatic carbocycles. The molecule has 1 unspecified atom stereocenters. The van der Waals surface area contributed by atoms with E-state index >= 15 is 0 Å². The van der Waals surface area contributed by atoms with Gasteiger partial charge in [0.2, 0.25) is 0 Å². The van der Waals surface area contributed by atoms with Gasteiger partial charge in [-0.3, -0.25) is 20.2 Å². The third-order valence-electron chi connectivity index (χ3n) is 2.74. The number of rotatable bonds is 7. The molecule has 0 spiro atoms. The third kappa shape index (κ3) is 5.38. The van der Waals surface area contributed by atoms with Crippen LogP contribution in [0.5, 0.6) is 0 Å². The van der Waals surface area contributed by atoms with Crippen LogP contribution in [0.25, 0.3) is 0 Å². The molecule has 0 aromatic heterocycles. The minimum absolute atomic E-state index is 0. The van der Waals surface area contributed by atoms with Gasteiger partial charge in [0.25, 0.3) is 16.1 Å². The van der Waals surface area contributed by atoms with E-state index in [-0.39, 0.29) is 41.7 Å². The minimum atomic E-state index is -4.98. The number of carbonyl (C=O) groups excluding carboxylic acids is 2. The zero-order valence-corrected chi connectivity index (χ0v) is 15.2. The fourth-order valence-electron chi connectivity index (χ4n) is 1.69. The fraction of sp³-hybridized carbons (Fsp3) is 0.500. The van der Waals surface area contributed by atoms with Crippen molar-refractivity contribution in [2.75, 3.05) is 26.4 Å². The minimum Gasteiger partial charge on any atom is -0.473 e. The Morgan fingerprint density at radius 1 is 1.22 bits per heavy atom. The summed E-state index contributed by atoms with van der Waals surface area (Å²) in [6, 6.07) is 0. The largest absolute Gasteiger partial charge is 1.00 e. The van der Waals surface area contributed by atoms with Gasteiger partial charge in [-0.25, -0.2) is 6.08 Å². The topological polar surface area (TPSA) is 147 Å². The van der Waals surface area contributed by atoms with Gasteiger partial charge in [0.15, 0.2) is 4.75 Å². The Kier molecular flexibility index (Phi) is 9.21. The van der Waals surface area contributed by atoms with Crippen LogP contribution in [0.2, 0.25) is 0 Å². The maximum absolute atomic E-state index is 11.9. The Balaban J connectivity index is 0.00000484. The maximum Gasteiger partial charge on any atom is 1.00 e. The van der Waals surface area contributed by atoms with Crippen molar-refractivity contribution in [3.05, 3.63) is 23.8 Å². The number of aliphatic hydroxyl groups is 2. The second-order valence-corrected chi connectivity index (χ2v) is 5.92. The maximum atomic E-state index is 11.9. The van der Waals surface area contributed by atoms with Crippen LogP contribution in [0.3, 0.4) is 0 Å². The molecule has 11 heteroatoms. The first-order chi connectivity index (χ1) is 10.3. The third-order valence-corrected chi connectivity index (χ3v) is 4.09. The number of esters is 2. The van der Waals surface area contributed by atoms with Crippen LogP contribution in [-0.4, -0.2) is 66.3 Å². The van der Waals surface area contributed by atoms with Gasteiger partial charge >= 0.3 is 35.5 Å². The Morgan fingerprint density at radius 2 is 1.78 bits per heavy atom. The molecule has 0 amide bonds. The predicted molar refractivity (Wildman–Crippen MR) is 70.9 cm³/mol. The first-order valence-corrected chi connectivity index (χ1v) is 7.55. The molecule has 1 aliphatic rings. The second kappa shape index (κ2) is 9.52. The molecule has 0 saturated heterocycles. The molecule has 124 valence electrons. The first kappa shape index (κ1) is 22.2. The van der Waals surface area contributed by atoms with Gasteiger partial charge in [0.05, 0.1) is 13.2 Å². The van der Waals surface area contributed by atoms with Crippen molar-refractivity contribution >= 4 is 22.1 Å². The van der Waals surface area contributed by atoms with Crippen LogP contribution in [0.15, 0.2) is 17.7 Å². The predicted octanol–water partition coefficient (Wildman–Crippen LogP) is -4.62. The van der Waals surface area contributed by atoms with Crippen LogP contribution in [0.4, 0.5) is 0 Å². The molecule has 0 radical (unpaired) electrons. The summed E-state index contributed by atoms with van der Waals surface area (Å²) >= 11 is 0. The van der Waals surface area contributed by atoms with Gasteiger partial charge in [0, 0.05) is 0 Å². The quantitative estimate of drug-likeness (QED) is 0.177. The van der Waals surface area contributed by atoms with E-state index in [2.05, 4.69) is 15.5 Å². The Morgan fingerprint density at radius 3 is 2.30 bits per heavy atom. The van der Waals surface area contributed by atoms with Crippen molar-refractivity contribution in [1.29, 1.82) is 0 Å². The molecule has 1 atom stereocenters. The molecule has 0 heterocycles. The van der Waals surface area contributed by atoms with Crippen molar-refractivity contribution in [3.63, 3.8) is 0 Å². The van der Waals surface area contributed by atoms with Crippen molar-refractivity contribution in [3.8, 4) is 0 Å². The molecule has 0 saturated carbocycles. The molecular weight excluding hydrogens is 343 g/mol. The van der Waals surface area contributed by atoms with Crippen LogP contribution < -0.4 is 29.6 Å². The molecule has 0 aliphatic heterocycles. The van der Waals surface area contributed by atoms with Gasteiger partial charge in [-0.05, 0) is 0 Å². The first-order valence-electron chi connectivity index (χ1n) is 6.11. The smallest absolute Gasteiger partial charge is 0.473 e. The molecule has 3 N–H and O–H groups in total. The van der Waals surface area contributed by atoms with Crippen molar-refractivity contribution in [1.82, 2.24) is 0 Å². The summed E-state index contributed by atoms with van der Waals surface area (Å²) in [4.78, 5) is 23.6. The van der Waals surface area contributed by atoms with E-state index in [0.29, 0.717) is 0 Å². The van der Waals surface area contributed by atoms with Crippen molar-refractivity contribution in [2.45, 2.75) is 11.2 Å². The van der Waals surface area contributed by atoms with Gasteiger partial charge in [-0.1, -0.05) is 6.42 Å². The summed E-state index contributed by atoms with van der Waals surface area (Å²) in [6.45, 7) is -1.76. The summed E-state index contributed by atoms with van der Waals surface area (Å²) in [6.07, 6.45) is 3.45. The van der Waals surface area contributed by atoms with E-state index < -0.39 is 53.0 Å². The normalized spacial score (nSPS) is 20.2. The summed E-state index contributed by atoms with van der Waals surface area (Å²) in [7, 11) is -4.98. The average molecular weight is 358 g/mol. The Labute approximate surface area is 155 Å². The summed E-state index contributed by atoms with van der Waals surface area (Å²) in [5.74, 6) is -2.31. The number of aliphatic hydroxyl groups excluding tert-OH is 2. The summed E-state index contributed by atoms with van der Waals surface area (Å²) in [5.41, 5.74) is -0.241. The Bertz CT molecular complexity index is 596. The number of carbonyl (C=O) groups is 2. The van der Waals surface area contributed by atoms with E-state index in [1.165, 1.54) is 0 Å². The van der Waals surface area contributed by atoms with Crippen LogP contribution in [0, 0.1) is 6.08 Å². The summed E-state index contributed by atoms with van der Waals surface area (Å²) in [5, 5.41) is 17.2. The molecule has 1 rings (SSSR count). The van der Waals surface area contributed by atoms with E-state index in [0.717, 1.165) is 12.2 Å². The molecule has 1 aliphatic carbocycles. The fourth-order valence-corrected chi connectivity index (χ4v) is 2.51. The van der Waals surface area contributed by atoms with Crippen molar-refractivity contribution in [2.24, 2.45) is 0 Å². The van der Waals surface area contributed by atoms with Crippen molar-refractivity contribution < 1.29 is 71.8 Å². The molecule has 0 bridgehead atoms. The van der Waals surface area contributed by atoms with E-state index in [1.54, 1.807) is 0 Å². The molecule has 9 nitrogen and oxygen atoms in total. The number of hydrogen-bond acceptors (Lipinski definition) is 8. The molecule has 0 fully saturated rings. The summed E-state index contributed by atoms with van der Waals surface area (Å²) < 4.78 is 39.2. The SMILES string of the molecule is O=C(OCCO)C1=C[C-]=CC(C(=O)OCCO)(S(=O)(=O)O)C1.[Na+]. The molecule has 23 heavy (non-hydrogen) atoms. The van der Waals surface area contributed by atoms with E-state index in [1.807, 2.05) is 0 Å². The number of ether oxygens (including phenoxy) is 2. The molecule has 0 aromatic rings. The standard InChI is InChI=1S/C12H15O9S.Na/c13-4-6-20-10(15)9-2-1-3-12(8-9,22(17,18)19)11(16)21-7-5-14;/h2-3,13-14H,4-8H2,(H,17,18,19);/q-1;+1. The van der Waals surface area contributed by atoms with E-state index in [9.17, 15) is 22.6 Å². The molecular formula is C12H15NaO9S. The van der Waals surface area contributed by atoms with Gasteiger partial charge in [-0.2, -0.15) is 8.42 Å². The Hall–Kier alpha value is -0.750. The second-order valence-electron chi connectivity index (χ2n) is 4.24. The van der Waals surface area contributed by atoms with Gasteiger partial charge < -0.3 is 19.7 Å².